The zero-order chi connectivity index (χ0) is 18.0. The van der Waals surface area contributed by atoms with Gasteiger partial charge in [0.05, 0.1) is 0 Å². The van der Waals surface area contributed by atoms with E-state index in [0.29, 0.717) is 18.7 Å². The molecule has 2 amide bonds. The van der Waals surface area contributed by atoms with Crippen LogP contribution in [0.2, 0.25) is 0 Å². The third-order valence-electron chi connectivity index (χ3n) is 5.17. The number of hydrogen-bond acceptors (Lipinski definition) is 3. The van der Waals surface area contributed by atoms with Gasteiger partial charge in [0.15, 0.2) is 0 Å². The first kappa shape index (κ1) is 17.5. The Balaban J connectivity index is 1.54. The van der Waals surface area contributed by atoms with Crippen molar-refractivity contribution in [3.63, 3.8) is 0 Å². The molecule has 134 valence electrons. The number of fused-ring (bicyclic) bond motifs is 1. The maximum absolute atomic E-state index is 12.4. The number of carbonyl (C=O) groups is 2. The second-order valence-electron chi connectivity index (χ2n) is 7.02. The van der Waals surface area contributed by atoms with Crippen molar-refractivity contribution >= 4 is 22.7 Å². The molecule has 1 saturated heterocycles. The molecular weight excluding hydrogens is 316 g/mol. The third-order valence-corrected chi connectivity index (χ3v) is 5.17. The molecule has 1 aromatic heterocycles. The number of nitrogens with zero attached hydrogens (tertiary/aromatic N) is 2. The fraction of sp³-hybridized carbons (Fsp3) is 0.474. The number of benzene rings is 1. The van der Waals surface area contributed by atoms with Crippen molar-refractivity contribution < 1.29 is 9.59 Å². The fourth-order valence-electron chi connectivity index (χ4n) is 3.47. The van der Waals surface area contributed by atoms with Crippen LogP contribution in [0, 0.1) is 0 Å². The second kappa shape index (κ2) is 7.27. The first-order chi connectivity index (χ1) is 12.0. The first-order valence-corrected chi connectivity index (χ1v) is 8.73. The Morgan fingerprint density at radius 1 is 1.24 bits per heavy atom. The minimum absolute atomic E-state index is 0.0857. The minimum atomic E-state index is -0.0857. The van der Waals surface area contributed by atoms with Crippen LogP contribution in [-0.2, 0) is 4.79 Å². The van der Waals surface area contributed by atoms with Gasteiger partial charge < -0.3 is 15.2 Å². The van der Waals surface area contributed by atoms with Crippen molar-refractivity contribution in [2.75, 3.05) is 27.7 Å². The topological polar surface area (TPSA) is 68.4 Å². The van der Waals surface area contributed by atoms with Crippen LogP contribution in [0.15, 0.2) is 30.3 Å². The third kappa shape index (κ3) is 3.85. The van der Waals surface area contributed by atoms with Crippen LogP contribution in [0.25, 0.3) is 10.9 Å². The summed E-state index contributed by atoms with van der Waals surface area (Å²) in [5.41, 5.74) is 1.55. The average Bonchev–Trinajstić information content (AvgIpc) is 3.17. The summed E-state index contributed by atoms with van der Waals surface area (Å²) >= 11 is 0. The van der Waals surface area contributed by atoms with Gasteiger partial charge in [-0.2, -0.15) is 0 Å². The molecule has 25 heavy (non-hydrogen) atoms. The lowest BCUT2D eigenvalue weighted by atomic mass is 10.1. The molecule has 1 aromatic carbocycles. The van der Waals surface area contributed by atoms with E-state index in [1.807, 2.05) is 37.4 Å². The lowest BCUT2D eigenvalue weighted by Crippen LogP contribution is -2.42. The molecule has 2 atom stereocenters. The molecule has 1 fully saturated rings. The highest BCUT2D eigenvalue weighted by Gasteiger charge is 2.32. The molecule has 1 aliphatic rings. The summed E-state index contributed by atoms with van der Waals surface area (Å²) in [6, 6.07) is 10.3. The number of nitrogens with one attached hydrogen (secondary N) is 2. The van der Waals surface area contributed by atoms with Crippen LogP contribution in [0.4, 0.5) is 0 Å². The number of para-hydroxylation sites is 1. The largest absolute Gasteiger partial charge is 0.351 e. The fourth-order valence-corrected chi connectivity index (χ4v) is 3.47. The van der Waals surface area contributed by atoms with E-state index in [-0.39, 0.29) is 23.9 Å². The van der Waals surface area contributed by atoms with Gasteiger partial charge in [-0.3, -0.25) is 14.5 Å². The first-order valence-electron chi connectivity index (χ1n) is 8.73. The van der Waals surface area contributed by atoms with E-state index < -0.39 is 0 Å². The zero-order valence-electron chi connectivity index (χ0n) is 15.1. The van der Waals surface area contributed by atoms with Gasteiger partial charge in [-0.1, -0.05) is 18.2 Å². The Morgan fingerprint density at radius 2 is 1.96 bits per heavy atom. The number of rotatable bonds is 5. The summed E-state index contributed by atoms with van der Waals surface area (Å²) in [4.78, 5) is 31.3. The van der Waals surface area contributed by atoms with Crippen molar-refractivity contribution in [2.45, 2.75) is 31.3 Å². The molecule has 0 unspecified atom stereocenters. The van der Waals surface area contributed by atoms with Gasteiger partial charge in [0.1, 0.15) is 5.69 Å². The van der Waals surface area contributed by atoms with E-state index in [4.69, 9.17) is 0 Å². The van der Waals surface area contributed by atoms with Crippen molar-refractivity contribution in [3.05, 3.63) is 36.0 Å². The normalized spacial score (nSPS) is 20.8. The zero-order valence-corrected chi connectivity index (χ0v) is 15.1. The van der Waals surface area contributed by atoms with Gasteiger partial charge in [0, 0.05) is 50.0 Å². The van der Waals surface area contributed by atoms with Gasteiger partial charge in [0.25, 0.3) is 5.91 Å². The average molecular weight is 342 g/mol. The second-order valence-corrected chi connectivity index (χ2v) is 7.02. The molecule has 0 aliphatic carbocycles. The minimum Gasteiger partial charge on any atom is -0.351 e. The summed E-state index contributed by atoms with van der Waals surface area (Å²) in [7, 11) is 5.62. The molecule has 1 aliphatic heterocycles. The molecule has 2 aromatic rings. The van der Waals surface area contributed by atoms with Crippen molar-refractivity contribution in [2.24, 2.45) is 0 Å². The molecule has 2 N–H and O–H groups in total. The molecule has 6 heteroatoms. The Kier molecular flexibility index (Phi) is 5.08. The molecule has 6 nitrogen and oxygen atoms in total. The number of aromatic amines is 1. The van der Waals surface area contributed by atoms with Crippen LogP contribution in [0.3, 0.4) is 0 Å². The van der Waals surface area contributed by atoms with Crippen LogP contribution >= 0.6 is 0 Å². The molecular formula is C19H26N4O2. The van der Waals surface area contributed by atoms with Gasteiger partial charge in [-0.05, 0) is 32.0 Å². The number of amides is 2. The smallest absolute Gasteiger partial charge is 0.267 e. The highest BCUT2D eigenvalue weighted by atomic mass is 16.2. The summed E-state index contributed by atoms with van der Waals surface area (Å²) < 4.78 is 0. The summed E-state index contributed by atoms with van der Waals surface area (Å²) in [6.45, 7) is 0.595. The summed E-state index contributed by atoms with van der Waals surface area (Å²) in [6.07, 6.45) is 2.52. The predicted molar refractivity (Wildman–Crippen MR) is 98.5 cm³/mol. The van der Waals surface area contributed by atoms with Crippen LogP contribution in [0.1, 0.15) is 29.8 Å². The maximum atomic E-state index is 12.4. The molecule has 3 rings (SSSR count). The molecule has 0 bridgehead atoms. The summed E-state index contributed by atoms with van der Waals surface area (Å²) in [5.74, 6) is 0.0667. The molecule has 0 spiro atoms. The van der Waals surface area contributed by atoms with Crippen LogP contribution < -0.4 is 5.32 Å². The number of likely N-dealkylation sites (tertiary alicyclic amines) is 1. The Labute approximate surface area is 148 Å². The predicted octanol–water partition coefficient (Wildman–Crippen LogP) is 1.84. The van der Waals surface area contributed by atoms with E-state index in [1.54, 1.807) is 19.0 Å². The number of H-pyrrole nitrogens is 1. The van der Waals surface area contributed by atoms with Crippen molar-refractivity contribution in [1.29, 1.82) is 0 Å². The quantitative estimate of drug-likeness (QED) is 0.871. The van der Waals surface area contributed by atoms with E-state index in [0.717, 1.165) is 23.7 Å². The van der Waals surface area contributed by atoms with Gasteiger partial charge in [-0.15, -0.1) is 0 Å². The number of aromatic nitrogens is 1. The van der Waals surface area contributed by atoms with Crippen molar-refractivity contribution in [1.82, 2.24) is 20.1 Å². The Bertz CT molecular complexity index is 735. The number of hydrogen-bond donors (Lipinski definition) is 2. The van der Waals surface area contributed by atoms with E-state index in [1.165, 1.54) is 0 Å². The summed E-state index contributed by atoms with van der Waals surface area (Å²) in [5, 5.41) is 4.06. The highest BCUT2D eigenvalue weighted by Crippen LogP contribution is 2.24. The van der Waals surface area contributed by atoms with Crippen LogP contribution in [-0.4, -0.2) is 66.4 Å². The Hall–Kier alpha value is -2.34. The van der Waals surface area contributed by atoms with E-state index in [9.17, 15) is 9.59 Å². The standard InChI is InChI=1S/C19H26N4O2/c1-22(2)18(24)11-14-8-9-15(23(14)3)12-20-19(25)17-10-13-6-4-5-7-16(13)21-17/h4-7,10,14-15,21H,8-9,11-12H2,1-3H3,(H,20,25)/t14-,15+/m1/s1. The highest BCUT2D eigenvalue weighted by molar-refractivity contribution is 5.97. The molecule has 2 heterocycles. The van der Waals surface area contributed by atoms with E-state index in [2.05, 4.69) is 15.2 Å². The van der Waals surface area contributed by atoms with Crippen LogP contribution in [0.5, 0.6) is 0 Å². The van der Waals surface area contributed by atoms with E-state index >= 15 is 0 Å². The molecule has 0 radical (unpaired) electrons. The maximum Gasteiger partial charge on any atom is 0.267 e. The lowest BCUT2D eigenvalue weighted by Gasteiger charge is -2.26. The van der Waals surface area contributed by atoms with Gasteiger partial charge >= 0.3 is 0 Å². The molecule has 0 saturated carbocycles. The lowest BCUT2D eigenvalue weighted by molar-refractivity contribution is -0.129. The monoisotopic (exact) mass is 342 g/mol. The Morgan fingerprint density at radius 3 is 2.68 bits per heavy atom. The van der Waals surface area contributed by atoms with Gasteiger partial charge in [0.2, 0.25) is 5.91 Å². The number of likely N-dealkylation sites (N-methyl/N-ethyl adjacent to an activating group) is 1. The number of carbonyl (C=O) groups excluding carboxylic acids is 2. The van der Waals surface area contributed by atoms with Crippen molar-refractivity contribution in [3.8, 4) is 0 Å². The SMILES string of the molecule is CN(C)C(=O)C[C@H]1CC[C@@H](CNC(=O)c2cc3ccccc3[nH]2)N1C. The van der Waals surface area contributed by atoms with Gasteiger partial charge in [-0.25, -0.2) is 0 Å².